The van der Waals surface area contributed by atoms with Crippen molar-refractivity contribution >= 4 is 11.9 Å². The molecule has 0 bridgehead atoms. The smallest absolute Gasteiger partial charge is 0.303 e. The van der Waals surface area contributed by atoms with Gasteiger partial charge < -0.3 is 15.2 Å². The maximum atomic E-state index is 12.0. The quantitative estimate of drug-likeness (QED) is 0.808. The summed E-state index contributed by atoms with van der Waals surface area (Å²) in [5.41, 5.74) is 1.73. The van der Waals surface area contributed by atoms with Crippen molar-refractivity contribution in [2.45, 2.75) is 32.6 Å². The fraction of sp³-hybridized carbons (Fsp3) is 0.500. The Balaban J connectivity index is 1.76. The van der Waals surface area contributed by atoms with Gasteiger partial charge in [-0.3, -0.25) is 9.59 Å². The van der Waals surface area contributed by atoms with Crippen LogP contribution in [0.4, 0.5) is 0 Å². The molecule has 1 atom stereocenters. The summed E-state index contributed by atoms with van der Waals surface area (Å²) in [4.78, 5) is 22.5. The topological polar surface area (TPSA) is 75.6 Å². The van der Waals surface area contributed by atoms with Gasteiger partial charge in [0, 0.05) is 24.9 Å². The van der Waals surface area contributed by atoms with Gasteiger partial charge in [-0.25, -0.2) is 0 Å². The first-order valence-corrected chi connectivity index (χ1v) is 7.32. The van der Waals surface area contributed by atoms with Gasteiger partial charge >= 0.3 is 5.97 Å². The highest BCUT2D eigenvalue weighted by molar-refractivity contribution is 5.94. The Morgan fingerprint density at radius 1 is 1.38 bits per heavy atom. The summed E-state index contributed by atoms with van der Waals surface area (Å²) in [5.74, 6) is 0.296. The van der Waals surface area contributed by atoms with Crippen LogP contribution in [-0.2, 0) is 11.2 Å². The summed E-state index contributed by atoms with van der Waals surface area (Å²) < 4.78 is 5.41. The molecule has 21 heavy (non-hydrogen) atoms. The van der Waals surface area contributed by atoms with Crippen molar-refractivity contribution in [3.05, 3.63) is 29.3 Å². The van der Waals surface area contributed by atoms with Crippen LogP contribution in [0, 0.1) is 5.92 Å². The van der Waals surface area contributed by atoms with Gasteiger partial charge in [0.25, 0.3) is 5.91 Å². The van der Waals surface area contributed by atoms with Crippen LogP contribution in [0.3, 0.4) is 0 Å². The highest BCUT2D eigenvalue weighted by atomic mass is 16.5. The molecule has 1 unspecified atom stereocenters. The number of ether oxygens (including phenoxy) is 1. The number of hydrogen-bond acceptors (Lipinski definition) is 3. The molecule has 0 fully saturated rings. The van der Waals surface area contributed by atoms with E-state index in [-0.39, 0.29) is 18.2 Å². The minimum absolute atomic E-state index is 0.0878. The molecule has 0 radical (unpaired) electrons. The SMILES string of the molecule is CC(CCNC(=O)c1ccc2c(c1)CCO2)CCC(=O)O. The van der Waals surface area contributed by atoms with Crippen molar-refractivity contribution < 1.29 is 19.4 Å². The minimum atomic E-state index is -0.772. The van der Waals surface area contributed by atoms with Gasteiger partial charge in [0.15, 0.2) is 0 Å². The lowest BCUT2D eigenvalue weighted by Gasteiger charge is -2.11. The molecule has 0 saturated heterocycles. The van der Waals surface area contributed by atoms with Crippen molar-refractivity contribution in [3.63, 3.8) is 0 Å². The molecule has 1 aliphatic rings. The number of nitrogens with one attached hydrogen (secondary N) is 1. The van der Waals surface area contributed by atoms with Crippen LogP contribution in [0.15, 0.2) is 18.2 Å². The van der Waals surface area contributed by atoms with Gasteiger partial charge in [-0.2, -0.15) is 0 Å². The summed E-state index contributed by atoms with van der Waals surface area (Å²) in [6.45, 7) is 3.25. The summed E-state index contributed by atoms with van der Waals surface area (Å²) in [6, 6.07) is 5.49. The maximum Gasteiger partial charge on any atom is 0.303 e. The van der Waals surface area contributed by atoms with Crippen molar-refractivity contribution in [2.24, 2.45) is 5.92 Å². The first-order valence-electron chi connectivity index (χ1n) is 7.32. The zero-order valence-corrected chi connectivity index (χ0v) is 12.2. The van der Waals surface area contributed by atoms with E-state index in [0.717, 1.165) is 24.2 Å². The molecule has 1 aromatic carbocycles. The lowest BCUT2D eigenvalue weighted by atomic mass is 10.0. The zero-order chi connectivity index (χ0) is 15.2. The number of benzene rings is 1. The molecule has 0 aromatic heterocycles. The normalized spacial score (nSPS) is 14.1. The van der Waals surface area contributed by atoms with E-state index in [1.165, 1.54) is 0 Å². The summed E-state index contributed by atoms with van der Waals surface area (Å²) in [6.07, 6.45) is 2.46. The highest BCUT2D eigenvalue weighted by Crippen LogP contribution is 2.25. The Labute approximate surface area is 124 Å². The molecule has 2 rings (SSSR count). The molecule has 5 nitrogen and oxygen atoms in total. The predicted octanol–water partition coefficient (Wildman–Crippen LogP) is 2.24. The molecule has 1 heterocycles. The molecule has 5 heteroatoms. The highest BCUT2D eigenvalue weighted by Gasteiger charge is 2.15. The molecular formula is C16H21NO4. The minimum Gasteiger partial charge on any atom is -0.493 e. The van der Waals surface area contributed by atoms with Crippen LogP contribution in [0.1, 0.15) is 42.1 Å². The molecule has 2 N–H and O–H groups in total. The van der Waals surface area contributed by atoms with E-state index in [9.17, 15) is 9.59 Å². The van der Waals surface area contributed by atoms with Crippen LogP contribution in [0.2, 0.25) is 0 Å². The summed E-state index contributed by atoms with van der Waals surface area (Å²) >= 11 is 0. The lowest BCUT2D eigenvalue weighted by Crippen LogP contribution is -2.25. The zero-order valence-electron chi connectivity index (χ0n) is 12.2. The maximum absolute atomic E-state index is 12.0. The number of carboxylic acid groups (broad SMARTS) is 1. The second-order valence-corrected chi connectivity index (χ2v) is 5.50. The van der Waals surface area contributed by atoms with E-state index in [4.69, 9.17) is 9.84 Å². The van der Waals surface area contributed by atoms with Gasteiger partial charge in [-0.1, -0.05) is 6.92 Å². The largest absolute Gasteiger partial charge is 0.493 e. The number of carbonyl (C=O) groups is 2. The Morgan fingerprint density at radius 2 is 2.19 bits per heavy atom. The van der Waals surface area contributed by atoms with Gasteiger partial charge in [0.2, 0.25) is 0 Å². The van der Waals surface area contributed by atoms with E-state index in [2.05, 4.69) is 5.32 Å². The van der Waals surface area contributed by atoms with E-state index in [1.807, 2.05) is 19.1 Å². The Kier molecular flexibility index (Phi) is 5.20. The van der Waals surface area contributed by atoms with Gasteiger partial charge in [0.05, 0.1) is 6.61 Å². The van der Waals surface area contributed by atoms with Crippen LogP contribution in [-0.4, -0.2) is 30.1 Å². The van der Waals surface area contributed by atoms with Gasteiger partial charge in [-0.15, -0.1) is 0 Å². The number of amides is 1. The third-order valence-electron chi connectivity index (χ3n) is 3.73. The van der Waals surface area contributed by atoms with Crippen LogP contribution >= 0.6 is 0 Å². The monoisotopic (exact) mass is 291 g/mol. The molecular weight excluding hydrogens is 270 g/mol. The molecule has 0 saturated carbocycles. The number of rotatable bonds is 7. The van der Waals surface area contributed by atoms with E-state index in [0.29, 0.717) is 25.1 Å². The van der Waals surface area contributed by atoms with Crippen molar-refractivity contribution in [1.29, 1.82) is 0 Å². The molecule has 114 valence electrons. The average molecular weight is 291 g/mol. The number of carboxylic acids is 1. The summed E-state index contributed by atoms with van der Waals surface area (Å²) in [5, 5.41) is 11.5. The third kappa shape index (κ3) is 4.48. The fourth-order valence-electron chi connectivity index (χ4n) is 2.38. The van der Waals surface area contributed by atoms with Gasteiger partial charge in [0.1, 0.15) is 5.75 Å². The number of aliphatic carboxylic acids is 1. The van der Waals surface area contributed by atoms with Crippen LogP contribution in [0.25, 0.3) is 0 Å². The first kappa shape index (κ1) is 15.4. The van der Waals surface area contributed by atoms with E-state index in [1.54, 1.807) is 6.07 Å². The van der Waals surface area contributed by atoms with Crippen molar-refractivity contribution in [2.75, 3.05) is 13.2 Å². The van der Waals surface area contributed by atoms with Crippen molar-refractivity contribution in [3.8, 4) is 5.75 Å². The van der Waals surface area contributed by atoms with Gasteiger partial charge in [-0.05, 0) is 42.5 Å². The van der Waals surface area contributed by atoms with Crippen molar-refractivity contribution in [1.82, 2.24) is 5.32 Å². The third-order valence-corrected chi connectivity index (χ3v) is 3.73. The molecule has 1 aromatic rings. The Bertz CT molecular complexity index is 527. The van der Waals surface area contributed by atoms with Crippen LogP contribution in [0.5, 0.6) is 5.75 Å². The number of fused-ring (bicyclic) bond motifs is 1. The lowest BCUT2D eigenvalue weighted by molar-refractivity contribution is -0.137. The predicted molar refractivity (Wildman–Crippen MR) is 78.6 cm³/mol. The molecule has 1 aliphatic heterocycles. The van der Waals surface area contributed by atoms with E-state index < -0.39 is 5.97 Å². The van der Waals surface area contributed by atoms with Crippen LogP contribution < -0.4 is 10.1 Å². The standard InChI is InChI=1S/C16H21NO4/c1-11(2-5-15(18)19)6-8-17-16(20)13-3-4-14-12(10-13)7-9-21-14/h3-4,10-11H,2,5-9H2,1H3,(H,17,20)(H,18,19). The molecule has 0 spiro atoms. The number of carbonyl (C=O) groups excluding carboxylic acids is 1. The Hall–Kier alpha value is -2.04. The Morgan fingerprint density at radius 3 is 2.95 bits per heavy atom. The van der Waals surface area contributed by atoms with E-state index >= 15 is 0 Å². The fourth-order valence-corrected chi connectivity index (χ4v) is 2.38. The second-order valence-electron chi connectivity index (χ2n) is 5.50. The number of hydrogen-bond donors (Lipinski definition) is 2. The average Bonchev–Trinajstić information content (AvgIpc) is 2.92. The molecule has 1 amide bonds. The first-order chi connectivity index (χ1) is 10.1. The second kappa shape index (κ2) is 7.11. The molecule has 0 aliphatic carbocycles. The summed E-state index contributed by atoms with van der Waals surface area (Å²) in [7, 11) is 0.